The van der Waals surface area contributed by atoms with Gasteiger partial charge in [0, 0.05) is 31.3 Å². The average Bonchev–Trinajstić information content (AvgIpc) is 3.17. The van der Waals surface area contributed by atoms with Crippen LogP contribution in [0.2, 0.25) is 0 Å². The molecule has 0 saturated carbocycles. The first-order valence-corrected chi connectivity index (χ1v) is 8.60. The number of ether oxygens (including phenoxy) is 1. The molecule has 0 unspecified atom stereocenters. The quantitative estimate of drug-likeness (QED) is 0.649. The van der Waals surface area contributed by atoms with Crippen LogP contribution in [0.3, 0.4) is 0 Å². The Kier molecular flexibility index (Phi) is 5.02. The van der Waals surface area contributed by atoms with Gasteiger partial charge in [-0.3, -0.25) is 4.98 Å². The van der Waals surface area contributed by atoms with Crippen molar-refractivity contribution in [3.05, 3.63) is 52.5 Å². The van der Waals surface area contributed by atoms with E-state index in [9.17, 15) is 0 Å². The standard InChI is InChI=1S/C16H19N3OS2/c1-20-10-5-9-19-15(13-7-4-11-22-13)14(18-16(19)21)12-6-2-3-8-17-12/h2-4,6-8,11,14-15H,5,9-10H2,1H3,(H,18,21)/t14-,15-/m1/s1. The van der Waals surface area contributed by atoms with Crippen LogP contribution >= 0.6 is 23.6 Å². The number of nitrogens with zero attached hydrogens (tertiary/aromatic N) is 2. The lowest BCUT2D eigenvalue weighted by Gasteiger charge is -2.26. The molecule has 116 valence electrons. The molecule has 0 aromatic carbocycles. The summed E-state index contributed by atoms with van der Waals surface area (Å²) in [4.78, 5) is 8.09. The van der Waals surface area contributed by atoms with E-state index in [2.05, 4.69) is 38.8 Å². The zero-order valence-corrected chi connectivity index (χ0v) is 14.1. The fourth-order valence-corrected chi connectivity index (χ4v) is 4.00. The van der Waals surface area contributed by atoms with E-state index < -0.39 is 0 Å². The second kappa shape index (κ2) is 7.17. The van der Waals surface area contributed by atoms with Gasteiger partial charge < -0.3 is 15.0 Å². The molecule has 1 fully saturated rings. The number of thiocarbonyl (C=S) groups is 1. The maximum absolute atomic E-state index is 5.57. The summed E-state index contributed by atoms with van der Waals surface area (Å²) in [5, 5.41) is 6.35. The molecule has 0 aliphatic carbocycles. The molecule has 0 bridgehead atoms. The molecule has 1 aliphatic rings. The molecule has 3 heterocycles. The van der Waals surface area contributed by atoms with Crippen molar-refractivity contribution in [2.24, 2.45) is 0 Å². The minimum atomic E-state index is 0.0925. The lowest BCUT2D eigenvalue weighted by molar-refractivity contribution is 0.181. The summed E-state index contributed by atoms with van der Waals surface area (Å²) >= 11 is 7.33. The summed E-state index contributed by atoms with van der Waals surface area (Å²) in [6.45, 7) is 1.62. The SMILES string of the molecule is COCCCN1C(=S)N[C@H](c2ccccn2)[C@H]1c1cccs1. The highest BCUT2D eigenvalue weighted by molar-refractivity contribution is 7.80. The van der Waals surface area contributed by atoms with Gasteiger partial charge in [0.05, 0.1) is 17.8 Å². The van der Waals surface area contributed by atoms with Crippen molar-refractivity contribution >= 4 is 28.7 Å². The van der Waals surface area contributed by atoms with Crippen LogP contribution in [0, 0.1) is 0 Å². The van der Waals surface area contributed by atoms with Crippen molar-refractivity contribution in [1.82, 2.24) is 15.2 Å². The number of hydrogen-bond acceptors (Lipinski definition) is 4. The largest absolute Gasteiger partial charge is 0.385 e. The molecule has 4 nitrogen and oxygen atoms in total. The van der Waals surface area contributed by atoms with E-state index in [1.54, 1.807) is 18.4 Å². The molecule has 0 radical (unpaired) electrons. The molecule has 1 saturated heterocycles. The lowest BCUT2D eigenvalue weighted by atomic mass is 10.0. The summed E-state index contributed by atoms with van der Waals surface area (Å²) in [6, 6.07) is 10.6. The highest BCUT2D eigenvalue weighted by atomic mass is 32.1. The van der Waals surface area contributed by atoms with E-state index in [0.717, 1.165) is 30.4 Å². The second-order valence-electron chi connectivity index (χ2n) is 5.18. The van der Waals surface area contributed by atoms with Gasteiger partial charge in [0.25, 0.3) is 0 Å². The maximum Gasteiger partial charge on any atom is 0.170 e. The number of thiophene rings is 1. The summed E-state index contributed by atoms with van der Waals surface area (Å²) in [7, 11) is 1.73. The van der Waals surface area contributed by atoms with Crippen LogP contribution in [0.4, 0.5) is 0 Å². The third kappa shape index (κ3) is 3.14. The Bertz CT molecular complexity index is 603. The number of aromatic nitrogens is 1. The van der Waals surface area contributed by atoms with E-state index in [1.807, 2.05) is 18.3 Å². The van der Waals surface area contributed by atoms with Crippen molar-refractivity contribution in [3.8, 4) is 0 Å². The molecule has 0 spiro atoms. The first kappa shape index (κ1) is 15.4. The Morgan fingerprint density at radius 1 is 1.36 bits per heavy atom. The Balaban J connectivity index is 1.88. The van der Waals surface area contributed by atoms with Gasteiger partial charge >= 0.3 is 0 Å². The number of nitrogens with one attached hydrogen (secondary N) is 1. The second-order valence-corrected chi connectivity index (χ2v) is 6.55. The van der Waals surface area contributed by atoms with E-state index >= 15 is 0 Å². The molecule has 3 rings (SSSR count). The first-order valence-electron chi connectivity index (χ1n) is 7.31. The van der Waals surface area contributed by atoms with Crippen molar-refractivity contribution in [1.29, 1.82) is 0 Å². The normalized spacial score (nSPS) is 21.1. The maximum atomic E-state index is 5.57. The van der Waals surface area contributed by atoms with Gasteiger partial charge in [-0.15, -0.1) is 11.3 Å². The Morgan fingerprint density at radius 2 is 2.27 bits per heavy atom. The fraction of sp³-hybridized carbons (Fsp3) is 0.375. The van der Waals surface area contributed by atoms with E-state index in [0.29, 0.717) is 0 Å². The summed E-state index contributed by atoms with van der Waals surface area (Å²) in [5.41, 5.74) is 1.03. The van der Waals surface area contributed by atoms with Crippen molar-refractivity contribution in [2.45, 2.75) is 18.5 Å². The van der Waals surface area contributed by atoms with Gasteiger partial charge in [-0.25, -0.2) is 0 Å². The minimum Gasteiger partial charge on any atom is -0.385 e. The third-order valence-electron chi connectivity index (χ3n) is 3.78. The van der Waals surface area contributed by atoms with Crippen molar-refractivity contribution in [3.63, 3.8) is 0 Å². The molecule has 0 amide bonds. The van der Waals surface area contributed by atoms with E-state index in [-0.39, 0.29) is 12.1 Å². The van der Waals surface area contributed by atoms with Crippen LogP contribution in [-0.2, 0) is 4.74 Å². The van der Waals surface area contributed by atoms with Crippen LogP contribution in [0.15, 0.2) is 41.9 Å². The molecule has 6 heteroatoms. The molecule has 2 aromatic heterocycles. The molecule has 1 N–H and O–H groups in total. The van der Waals surface area contributed by atoms with Gasteiger partial charge in [0.15, 0.2) is 5.11 Å². The third-order valence-corrected chi connectivity index (χ3v) is 5.08. The highest BCUT2D eigenvalue weighted by Gasteiger charge is 2.39. The van der Waals surface area contributed by atoms with Crippen molar-refractivity contribution < 1.29 is 4.74 Å². The Hall–Kier alpha value is -1.50. The molecule has 2 aromatic rings. The van der Waals surface area contributed by atoms with Crippen LogP contribution in [0.5, 0.6) is 0 Å². The van der Waals surface area contributed by atoms with Gasteiger partial charge in [-0.2, -0.15) is 0 Å². The number of hydrogen-bond donors (Lipinski definition) is 1. The van der Waals surface area contributed by atoms with Gasteiger partial charge in [-0.05, 0) is 42.2 Å². The number of pyridine rings is 1. The summed E-state index contributed by atoms with van der Waals surface area (Å²) < 4.78 is 5.17. The molecular formula is C16H19N3OS2. The van der Waals surface area contributed by atoms with Crippen LogP contribution in [0.25, 0.3) is 0 Å². The first-order chi connectivity index (χ1) is 10.8. The summed E-state index contributed by atoms with van der Waals surface area (Å²) in [6.07, 6.45) is 2.79. The fourth-order valence-electron chi connectivity index (χ4n) is 2.79. The van der Waals surface area contributed by atoms with Crippen LogP contribution in [-0.4, -0.2) is 35.3 Å². The average molecular weight is 333 g/mol. The van der Waals surface area contributed by atoms with Crippen molar-refractivity contribution in [2.75, 3.05) is 20.3 Å². The molecule has 22 heavy (non-hydrogen) atoms. The highest BCUT2D eigenvalue weighted by Crippen LogP contribution is 2.40. The molecular weight excluding hydrogens is 314 g/mol. The van der Waals surface area contributed by atoms with Crippen LogP contribution in [0.1, 0.15) is 29.1 Å². The zero-order valence-electron chi connectivity index (χ0n) is 12.4. The number of methoxy groups -OCH3 is 1. The lowest BCUT2D eigenvalue weighted by Crippen LogP contribution is -2.30. The topological polar surface area (TPSA) is 37.4 Å². The van der Waals surface area contributed by atoms with E-state index in [4.69, 9.17) is 17.0 Å². The number of rotatable bonds is 6. The smallest absolute Gasteiger partial charge is 0.170 e. The minimum absolute atomic E-state index is 0.0925. The molecule has 2 atom stereocenters. The van der Waals surface area contributed by atoms with Gasteiger partial charge in [0.2, 0.25) is 0 Å². The van der Waals surface area contributed by atoms with Crippen LogP contribution < -0.4 is 5.32 Å². The van der Waals surface area contributed by atoms with Gasteiger partial charge in [0.1, 0.15) is 0 Å². The van der Waals surface area contributed by atoms with E-state index in [1.165, 1.54) is 4.88 Å². The zero-order chi connectivity index (χ0) is 15.4. The monoisotopic (exact) mass is 333 g/mol. The summed E-state index contributed by atoms with van der Waals surface area (Å²) in [5.74, 6) is 0. The molecule has 1 aliphatic heterocycles. The Morgan fingerprint density at radius 3 is 2.95 bits per heavy atom. The van der Waals surface area contributed by atoms with Gasteiger partial charge in [-0.1, -0.05) is 12.1 Å². The predicted octanol–water partition coefficient (Wildman–Crippen LogP) is 3.15. The Labute approximate surface area is 140 Å². The predicted molar refractivity (Wildman–Crippen MR) is 93.0 cm³/mol.